The summed E-state index contributed by atoms with van der Waals surface area (Å²) in [6, 6.07) is 11.0. The lowest BCUT2D eigenvalue weighted by Gasteiger charge is -2.37. The van der Waals surface area contributed by atoms with E-state index in [9.17, 15) is 9.59 Å². The summed E-state index contributed by atoms with van der Waals surface area (Å²) >= 11 is 1.35. The van der Waals surface area contributed by atoms with E-state index >= 15 is 0 Å². The third kappa shape index (κ3) is 4.61. The Morgan fingerprint density at radius 3 is 2.58 bits per heavy atom. The zero-order valence-electron chi connectivity index (χ0n) is 14.3. The van der Waals surface area contributed by atoms with Crippen LogP contribution in [0.25, 0.3) is 0 Å². The standard InChI is InChI=1S/C19H26N2O2S/c1-15(22)24-14-17-11-19(23)21(13-17)18-7-9-20(10-8-18)12-16-5-3-2-4-6-16/h2-6,17-18H,7-14H2,1H3. The van der Waals surface area contributed by atoms with Gasteiger partial charge >= 0.3 is 0 Å². The molecule has 2 fully saturated rings. The second-order valence-electron chi connectivity index (χ2n) is 6.91. The zero-order valence-corrected chi connectivity index (χ0v) is 15.1. The van der Waals surface area contributed by atoms with E-state index in [2.05, 4.69) is 40.1 Å². The van der Waals surface area contributed by atoms with Crippen molar-refractivity contribution in [3.63, 3.8) is 0 Å². The van der Waals surface area contributed by atoms with Gasteiger partial charge in [0.2, 0.25) is 5.91 Å². The summed E-state index contributed by atoms with van der Waals surface area (Å²) in [5.41, 5.74) is 1.36. The van der Waals surface area contributed by atoms with Gasteiger partial charge in [0, 0.05) is 51.3 Å². The lowest BCUT2D eigenvalue weighted by Crippen LogP contribution is -2.45. The number of hydrogen-bond acceptors (Lipinski definition) is 4. The van der Waals surface area contributed by atoms with Crippen LogP contribution in [0.2, 0.25) is 0 Å². The molecule has 24 heavy (non-hydrogen) atoms. The maximum Gasteiger partial charge on any atom is 0.223 e. The maximum atomic E-state index is 12.3. The molecule has 2 aliphatic heterocycles. The second kappa shape index (κ2) is 8.17. The lowest BCUT2D eigenvalue weighted by molar-refractivity contribution is -0.130. The monoisotopic (exact) mass is 346 g/mol. The van der Waals surface area contributed by atoms with E-state index in [1.165, 1.54) is 17.3 Å². The van der Waals surface area contributed by atoms with Crippen molar-refractivity contribution in [2.75, 3.05) is 25.4 Å². The first-order valence-corrected chi connectivity index (χ1v) is 9.79. The molecule has 0 aromatic heterocycles. The summed E-state index contributed by atoms with van der Waals surface area (Å²) in [6.45, 7) is 5.54. The van der Waals surface area contributed by atoms with Gasteiger partial charge in [0.05, 0.1) is 0 Å². The van der Waals surface area contributed by atoms with Crippen LogP contribution in [0, 0.1) is 5.92 Å². The van der Waals surface area contributed by atoms with Gasteiger partial charge in [-0.05, 0) is 24.3 Å². The largest absolute Gasteiger partial charge is 0.339 e. The van der Waals surface area contributed by atoms with E-state index in [1.807, 2.05) is 0 Å². The molecule has 130 valence electrons. The fourth-order valence-corrected chi connectivity index (χ4v) is 4.43. The van der Waals surface area contributed by atoms with Gasteiger partial charge in [0.1, 0.15) is 0 Å². The SMILES string of the molecule is CC(=O)SCC1CC(=O)N(C2CCN(Cc3ccccc3)CC2)C1. The number of amides is 1. The molecular formula is C19H26N2O2S. The molecule has 1 amide bonds. The van der Waals surface area contributed by atoms with Gasteiger partial charge in [-0.2, -0.15) is 0 Å². The molecule has 1 aromatic rings. The summed E-state index contributed by atoms with van der Waals surface area (Å²) in [6.07, 6.45) is 2.74. The number of carbonyl (C=O) groups is 2. The molecule has 1 unspecified atom stereocenters. The quantitative estimate of drug-likeness (QED) is 0.822. The van der Waals surface area contributed by atoms with Crippen molar-refractivity contribution in [3.05, 3.63) is 35.9 Å². The van der Waals surface area contributed by atoms with Crippen LogP contribution in [-0.4, -0.2) is 52.3 Å². The third-order valence-electron chi connectivity index (χ3n) is 5.01. The van der Waals surface area contributed by atoms with Gasteiger partial charge in [-0.25, -0.2) is 0 Å². The van der Waals surface area contributed by atoms with Crippen LogP contribution in [0.1, 0.15) is 31.7 Å². The predicted octanol–water partition coefficient (Wildman–Crippen LogP) is 2.78. The molecule has 4 nitrogen and oxygen atoms in total. The van der Waals surface area contributed by atoms with Crippen molar-refractivity contribution in [2.45, 2.75) is 38.8 Å². The molecule has 1 atom stereocenters. The first kappa shape index (κ1) is 17.5. The second-order valence-corrected chi connectivity index (χ2v) is 8.11. The maximum absolute atomic E-state index is 12.3. The van der Waals surface area contributed by atoms with E-state index in [0.717, 1.165) is 44.8 Å². The van der Waals surface area contributed by atoms with Crippen molar-refractivity contribution < 1.29 is 9.59 Å². The molecule has 0 aliphatic carbocycles. The van der Waals surface area contributed by atoms with Gasteiger partial charge < -0.3 is 4.90 Å². The van der Waals surface area contributed by atoms with E-state index in [0.29, 0.717) is 18.4 Å². The molecule has 0 saturated carbocycles. The fourth-order valence-electron chi connectivity index (χ4n) is 3.74. The Bertz CT molecular complexity index is 570. The Balaban J connectivity index is 1.46. The van der Waals surface area contributed by atoms with Crippen LogP contribution in [-0.2, 0) is 16.1 Å². The highest BCUT2D eigenvalue weighted by Gasteiger charge is 2.35. The molecule has 1 aromatic carbocycles. The Morgan fingerprint density at radius 1 is 1.21 bits per heavy atom. The average Bonchev–Trinajstić information content (AvgIpc) is 2.96. The molecule has 0 N–H and O–H groups in total. The van der Waals surface area contributed by atoms with Crippen molar-refractivity contribution in [2.24, 2.45) is 5.92 Å². The van der Waals surface area contributed by atoms with Crippen LogP contribution in [0.4, 0.5) is 0 Å². The first-order chi connectivity index (χ1) is 11.6. The summed E-state index contributed by atoms with van der Waals surface area (Å²) in [5, 5.41) is 0.148. The van der Waals surface area contributed by atoms with Gasteiger partial charge in [0.15, 0.2) is 5.12 Å². The number of piperidine rings is 1. The van der Waals surface area contributed by atoms with Crippen molar-refractivity contribution in [1.29, 1.82) is 0 Å². The number of rotatable bonds is 5. The molecule has 0 spiro atoms. The Hall–Kier alpha value is -1.33. The van der Waals surface area contributed by atoms with Crippen LogP contribution in [0.3, 0.4) is 0 Å². The number of nitrogens with zero attached hydrogens (tertiary/aromatic N) is 2. The van der Waals surface area contributed by atoms with E-state index in [4.69, 9.17) is 0 Å². The Labute approximate surface area is 148 Å². The molecule has 2 aliphatic rings. The highest BCUT2D eigenvalue weighted by molar-refractivity contribution is 8.13. The summed E-state index contributed by atoms with van der Waals surface area (Å²) in [7, 11) is 0. The van der Waals surface area contributed by atoms with Crippen LogP contribution < -0.4 is 0 Å². The molecule has 3 rings (SSSR count). The fraction of sp³-hybridized carbons (Fsp3) is 0.579. The Morgan fingerprint density at radius 2 is 1.92 bits per heavy atom. The molecule has 0 bridgehead atoms. The number of hydrogen-bond donors (Lipinski definition) is 0. The molecular weight excluding hydrogens is 320 g/mol. The van der Waals surface area contributed by atoms with Gasteiger partial charge in [-0.3, -0.25) is 14.5 Å². The van der Waals surface area contributed by atoms with Crippen molar-refractivity contribution in [1.82, 2.24) is 9.80 Å². The Kier molecular flexibility index (Phi) is 5.95. The minimum atomic E-state index is 0.148. The summed E-state index contributed by atoms with van der Waals surface area (Å²) < 4.78 is 0. The highest BCUT2D eigenvalue weighted by atomic mass is 32.2. The van der Waals surface area contributed by atoms with Crippen molar-refractivity contribution in [3.8, 4) is 0 Å². The van der Waals surface area contributed by atoms with Crippen LogP contribution >= 0.6 is 11.8 Å². The molecule has 0 radical (unpaired) electrons. The summed E-state index contributed by atoms with van der Waals surface area (Å²) in [4.78, 5) is 28.0. The van der Waals surface area contributed by atoms with E-state index in [-0.39, 0.29) is 11.0 Å². The highest BCUT2D eigenvalue weighted by Crippen LogP contribution is 2.28. The first-order valence-electron chi connectivity index (χ1n) is 8.81. The number of thioether (sulfide) groups is 1. The van der Waals surface area contributed by atoms with E-state index in [1.54, 1.807) is 6.92 Å². The number of carbonyl (C=O) groups excluding carboxylic acids is 2. The predicted molar refractivity (Wildman–Crippen MR) is 97.7 cm³/mol. The van der Waals surface area contributed by atoms with Crippen LogP contribution in [0.5, 0.6) is 0 Å². The van der Waals surface area contributed by atoms with Gasteiger partial charge in [0.25, 0.3) is 0 Å². The van der Waals surface area contributed by atoms with Gasteiger partial charge in [-0.1, -0.05) is 42.1 Å². The minimum Gasteiger partial charge on any atom is -0.339 e. The van der Waals surface area contributed by atoms with Crippen molar-refractivity contribution >= 4 is 22.8 Å². The smallest absolute Gasteiger partial charge is 0.223 e. The average molecular weight is 346 g/mol. The van der Waals surface area contributed by atoms with E-state index < -0.39 is 0 Å². The molecule has 5 heteroatoms. The lowest BCUT2D eigenvalue weighted by atomic mass is 10.0. The molecule has 2 saturated heterocycles. The minimum absolute atomic E-state index is 0.148. The van der Waals surface area contributed by atoms with Crippen LogP contribution in [0.15, 0.2) is 30.3 Å². The zero-order chi connectivity index (χ0) is 16.9. The third-order valence-corrected chi connectivity index (χ3v) is 6.05. The number of likely N-dealkylation sites (tertiary alicyclic amines) is 2. The molecule has 2 heterocycles. The number of benzene rings is 1. The topological polar surface area (TPSA) is 40.6 Å². The van der Waals surface area contributed by atoms with Gasteiger partial charge in [-0.15, -0.1) is 0 Å². The normalized spacial score (nSPS) is 23.0. The summed E-state index contributed by atoms with van der Waals surface area (Å²) in [5.74, 6) is 1.41.